The summed E-state index contributed by atoms with van der Waals surface area (Å²) in [4.78, 5) is 38.2. The van der Waals surface area contributed by atoms with Crippen molar-refractivity contribution in [3.63, 3.8) is 0 Å². The van der Waals surface area contributed by atoms with E-state index < -0.39 is 4.92 Å². The van der Waals surface area contributed by atoms with Crippen molar-refractivity contribution in [2.45, 2.75) is 31.6 Å². The summed E-state index contributed by atoms with van der Waals surface area (Å²) in [5.41, 5.74) is 2.77. The third kappa shape index (κ3) is 3.99. The Kier molecular flexibility index (Phi) is 5.66. The second kappa shape index (κ2) is 8.55. The summed E-state index contributed by atoms with van der Waals surface area (Å²) in [5.74, 6) is 0.317. The van der Waals surface area contributed by atoms with Crippen molar-refractivity contribution in [3.8, 4) is 5.75 Å². The second-order valence-corrected chi connectivity index (χ2v) is 7.57. The van der Waals surface area contributed by atoms with Gasteiger partial charge < -0.3 is 4.74 Å². The van der Waals surface area contributed by atoms with Crippen LogP contribution in [0.1, 0.15) is 37.2 Å². The smallest absolute Gasteiger partial charge is 0.269 e. The van der Waals surface area contributed by atoms with Crippen molar-refractivity contribution < 1.29 is 19.2 Å². The summed E-state index contributed by atoms with van der Waals surface area (Å²) >= 11 is 0. The van der Waals surface area contributed by atoms with Gasteiger partial charge in [-0.25, -0.2) is 0 Å². The average molecular weight is 418 g/mol. The van der Waals surface area contributed by atoms with Crippen LogP contribution in [0.4, 0.5) is 11.4 Å². The predicted octanol–water partition coefficient (Wildman–Crippen LogP) is 4.69. The maximum atomic E-state index is 13.2. The number of benzene rings is 2. The van der Waals surface area contributed by atoms with Gasteiger partial charge in [-0.05, 0) is 42.7 Å². The normalized spacial score (nSPS) is 18.6. The highest BCUT2D eigenvalue weighted by Crippen LogP contribution is 2.43. The minimum absolute atomic E-state index is 0.0428. The number of hydrogen-bond acceptors (Lipinski definition) is 5. The lowest BCUT2D eigenvalue weighted by Gasteiger charge is -2.38. The van der Waals surface area contributed by atoms with E-state index in [1.54, 1.807) is 23.1 Å². The molecule has 0 radical (unpaired) electrons. The summed E-state index contributed by atoms with van der Waals surface area (Å²) < 4.78 is 5.53. The van der Waals surface area contributed by atoms with Crippen LogP contribution < -0.4 is 9.64 Å². The first-order valence-corrected chi connectivity index (χ1v) is 10.2. The Labute approximate surface area is 179 Å². The van der Waals surface area contributed by atoms with Crippen molar-refractivity contribution in [1.82, 2.24) is 0 Å². The molecule has 158 valence electrons. The highest BCUT2D eigenvalue weighted by Gasteiger charge is 2.39. The number of anilines is 1. The molecule has 1 heterocycles. The van der Waals surface area contributed by atoms with Gasteiger partial charge in [-0.3, -0.25) is 24.6 Å². The number of ether oxygens (including phenoxy) is 1. The van der Waals surface area contributed by atoms with E-state index in [-0.39, 0.29) is 29.7 Å². The fourth-order valence-corrected chi connectivity index (χ4v) is 4.25. The number of nitrogens with zero attached hydrogens (tertiary/aromatic N) is 2. The summed E-state index contributed by atoms with van der Waals surface area (Å²) in [6, 6.07) is 13.3. The lowest BCUT2D eigenvalue weighted by Crippen LogP contribution is -2.40. The molecule has 31 heavy (non-hydrogen) atoms. The van der Waals surface area contributed by atoms with E-state index in [9.17, 15) is 19.7 Å². The molecule has 2 aliphatic rings. The first-order valence-electron chi connectivity index (χ1n) is 10.2. The highest BCUT2D eigenvalue weighted by atomic mass is 16.6. The Morgan fingerprint density at radius 1 is 1.10 bits per heavy atom. The second-order valence-electron chi connectivity index (χ2n) is 7.57. The number of rotatable bonds is 6. The van der Waals surface area contributed by atoms with Crippen LogP contribution in [0.5, 0.6) is 5.75 Å². The van der Waals surface area contributed by atoms with Crippen molar-refractivity contribution in [3.05, 3.63) is 88.1 Å². The van der Waals surface area contributed by atoms with Crippen LogP contribution in [0.25, 0.3) is 0 Å². The Hall–Kier alpha value is -3.74. The van der Waals surface area contributed by atoms with E-state index in [4.69, 9.17) is 4.74 Å². The number of nitro groups is 1. The van der Waals surface area contributed by atoms with Crippen molar-refractivity contribution in [1.29, 1.82) is 0 Å². The molecular formula is C24H22N2O5. The number of ketones is 1. The molecule has 0 fully saturated rings. The van der Waals surface area contributed by atoms with E-state index in [0.29, 0.717) is 48.6 Å². The third-order valence-electron chi connectivity index (χ3n) is 5.64. The molecule has 1 unspecified atom stereocenters. The molecule has 1 amide bonds. The summed E-state index contributed by atoms with van der Waals surface area (Å²) in [5, 5.41) is 11.0. The number of non-ortho nitro benzene ring substituents is 1. The van der Waals surface area contributed by atoms with Crippen LogP contribution in [-0.4, -0.2) is 23.2 Å². The minimum atomic E-state index is -0.477. The summed E-state index contributed by atoms with van der Waals surface area (Å²) in [7, 11) is 0. The van der Waals surface area contributed by atoms with E-state index in [1.165, 1.54) is 12.1 Å². The molecule has 0 saturated carbocycles. The molecule has 0 N–H and O–H groups in total. The number of Topliss-reactive ketones (excluding diaryl/α,β-unsaturated/α-hetero) is 1. The van der Waals surface area contributed by atoms with Gasteiger partial charge in [0.05, 0.1) is 4.92 Å². The quantitative estimate of drug-likeness (QED) is 0.386. The lowest BCUT2D eigenvalue weighted by atomic mass is 9.77. The Bertz CT molecular complexity index is 1070. The molecule has 1 aliphatic carbocycles. The maximum Gasteiger partial charge on any atom is 0.269 e. The van der Waals surface area contributed by atoms with Crippen molar-refractivity contribution in [2.75, 3.05) is 11.5 Å². The largest absolute Gasteiger partial charge is 0.490 e. The van der Waals surface area contributed by atoms with Crippen LogP contribution in [0.2, 0.25) is 0 Å². The zero-order valence-electron chi connectivity index (χ0n) is 17.0. The standard InChI is InChI=1S/C24H22N2O5/c1-2-14-31-19-12-6-16(7-13-19)20-15-23(28)25(21-4-3-5-22(27)24(20)21)17-8-10-18(11-9-17)26(29)30/h2,6-13,20H,1,3-5,14-15H2. The fraction of sp³-hybridized carbons (Fsp3) is 0.250. The van der Waals surface area contributed by atoms with Gasteiger partial charge in [-0.1, -0.05) is 24.8 Å². The molecule has 1 aliphatic heterocycles. The molecule has 1 atom stereocenters. The van der Waals surface area contributed by atoms with Crippen LogP contribution in [0.3, 0.4) is 0 Å². The van der Waals surface area contributed by atoms with Gasteiger partial charge in [-0.2, -0.15) is 0 Å². The number of allylic oxidation sites excluding steroid dienone is 2. The van der Waals surface area contributed by atoms with Gasteiger partial charge in [0.1, 0.15) is 12.4 Å². The van der Waals surface area contributed by atoms with Gasteiger partial charge in [-0.15, -0.1) is 0 Å². The number of nitro benzene ring substituents is 1. The summed E-state index contributed by atoms with van der Waals surface area (Å²) in [6.45, 7) is 4.03. The van der Waals surface area contributed by atoms with Gasteiger partial charge in [0.15, 0.2) is 5.78 Å². The minimum Gasteiger partial charge on any atom is -0.490 e. The molecule has 4 rings (SSSR count). The molecule has 0 spiro atoms. The van der Waals surface area contributed by atoms with E-state index in [0.717, 1.165) is 5.56 Å². The molecule has 7 nitrogen and oxygen atoms in total. The van der Waals surface area contributed by atoms with Crippen LogP contribution >= 0.6 is 0 Å². The monoisotopic (exact) mass is 418 g/mol. The molecule has 0 saturated heterocycles. The first kappa shape index (κ1) is 20.5. The topological polar surface area (TPSA) is 89.8 Å². The van der Waals surface area contributed by atoms with Crippen molar-refractivity contribution >= 4 is 23.1 Å². The molecule has 0 aromatic heterocycles. The van der Waals surface area contributed by atoms with E-state index in [1.807, 2.05) is 24.3 Å². The average Bonchev–Trinajstić information content (AvgIpc) is 2.78. The molecule has 0 bridgehead atoms. The number of carbonyl (C=O) groups excluding carboxylic acids is 2. The van der Waals surface area contributed by atoms with Crippen LogP contribution in [0.15, 0.2) is 72.5 Å². The van der Waals surface area contributed by atoms with Gasteiger partial charge in [0.2, 0.25) is 5.91 Å². The predicted molar refractivity (Wildman–Crippen MR) is 116 cm³/mol. The SMILES string of the molecule is C=CCOc1ccc(C2CC(=O)N(c3ccc([N+](=O)[O-])cc3)C3=C2C(=O)CCC3)cc1. The molecular weight excluding hydrogens is 396 g/mol. The first-order chi connectivity index (χ1) is 15.0. The molecule has 7 heteroatoms. The Morgan fingerprint density at radius 2 is 1.81 bits per heavy atom. The van der Waals surface area contributed by atoms with E-state index in [2.05, 4.69) is 6.58 Å². The summed E-state index contributed by atoms with van der Waals surface area (Å²) in [6.07, 6.45) is 3.57. The van der Waals surface area contributed by atoms with Crippen LogP contribution in [0, 0.1) is 10.1 Å². The molecule has 2 aromatic carbocycles. The van der Waals surface area contributed by atoms with Gasteiger partial charge in [0.25, 0.3) is 5.69 Å². The van der Waals surface area contributed by atoms with E-state index >= 15 is 0 Å². The maximum absolute atomic E-state index is 13.2. The number of carbonyl (C=O) groups is 2. The molecule has 2 aromatic rings. The van der Waals surface area contributed by atoms with Crippen LogP contribution in [-0.2, 0) is 9.59 Å². The van der Waals surface area contributed by atoms with Gasteiger partial charge >= 0.3 is 0 Å². The van der Waals surface area contributed by atoms with Crippen molar-refractivity contribution in [2.24, 2.45) is 0 Å². The lowest BCUT2D eigenvalue weighted by molar-refractivity contribution is -0.384. The number of amides is 1. The van der Waals surface area contributed by atoms with Gasteiger partial charge in [0, 0.05) is 47.8 Å². The Balaban J connectivity index is 1.72. The third-order valence-corrected chi connectivity index (χ3v) is 5.64. The highest BCUT2D eigenvalue weighted by molar-refractivity contribution is 6.07. The fourth-order valence-electron chi connectivity index (χ4n) is 4.25. The zero-order chi connectivity index (χ0) is 22.0. The Morgan fingerprint density at radius 3 is 2.45 bits per heavy atom. The number of hydrogen-bond donors (Lipinski definition) is 0. The zero-order valence-corrected chi connectivity index (χ0v) is 17.0.